The zero-order valence-electron chi connectivity index (χ0n) is 8.63. The third-order valence-electron chi connectivity index (χ3n) is 2.13. The summed E-state index contributed by atoms with van der Waals surface area (Å²) in [6, 6.07) is 8.87. The van der Waals surface area contributed by atoms with E-state index in [0.29, 0.717) is 12.1 Å². The predicted molar refractivity (Wildman–Crippen MR) is 64.5 cm³/mol. The number of nitrogens with zero attached hydrogens (tertiary/aromatic N) is 2. The fraction of sp³-hybridized carbons (Fsp3) is 0. The molecule has 1 amide bonds. The Balaban J connectivity index is 2.56. The van der Waals surface area contributed by atoms with E-state index in [1.165, 1.54) is 6.20 Å². The number of rotatable bonds is 3. The minimum absolute atomic E-state index is 0.0732. The van der Waals surface area contributed by atoms with Gasteiger partial charge in [-0.1, -0.05) is 29.8 Å². The lowest BCUT2D eigenvalue weighted by molar-refractivity contribution is -0.105. The molecular formula is C11H8ClN3O2. The van der Waals surface area contributed by atoms with Crippen LogP contribution in [0.15, 0.2) is 41.3 Å². The summed E-state index contributed by atoms with van der Waals surface area (Å²) in [5, 5.41) is 6.16. The first kappa shape index (κ1) is 11.3. The zero-order chi connectivity index (χ0) is 12.3. The van der Waals surface area contributed by atoms with E-state index in [2.05, 4.69) is 10.4 Å². The summed E-state index contributed by atoms with van der Waals surface area (Å²) in [6.45, 7) is 0. The molecule has 6 heteroatoms. The maximum absolute atomic E-state index is 11.9. The number of carbonyl (C=O) groups is 1. The Bertz CT molecular complexity index is 595. The van der Waals surface area contributed by atoms with Crippen molar-refractivity contribution in [1.82, 2.24) is 9.78 Å². The van der Waals surface area contributed by atoms with Crippen molar-refractivity contribution in [3.05, 3.63) is 51.9 Å². The number of carbonyl (C=O) groups excluding carboxylic acids is 1. The van der Waals surface area contributed by atoms with Crippen molar-refractivity contribution in [2.45, 2.75) is 0 Å². The lowest BCUT2D eigenvalue weighted by Crippen LogP contribution is -2.22. The molecule has 0 aliphatic heterocycles. The summed E-state index contributed by atoms with van der Waals surface area (Å²) in [6.07, 6.45) is 1.76. The van der Waals surface area contributed by atoms with Crippen LogP contribution in [0.5, 0.6) is 0 Å². The molecule has 0 saturated carbocycles. The zero-order valence-corrected chi connectivity index (χ0v) is 9.39. The van der Waals surface area contributed by atoms with E-state index in [9.17, 15) is 9.59 Å². The highest BCUT2D eigenvalue weighted by atomic mass is 35.5. The normalized spacial score (nSPS) is 9.94. The van der Waals surface area contributed by atoms with Gasteiger partial charge in [0.1, 0.15) is 5.02 Å². The van der Waals surface area contributed by atoms with Crippen molar-refractivity contribution in [3.63, 3.8) is 0 Å². The number of hydrogen-bond acceptors (Lipinski definition) is 3. The van der Waals surface area contributed by atoms with Gasteiger partial charge in [-0.3, -0.25) is 9.59 Å². The fourth-order valence-corrected chi connectivity index (χ4v) is 1.53. The monoisotopic (exact) mass is 249 g/mol. The maximum atomic E-state index is 11.9. The molecule has 1 heterocycles. The van der Waals surface area contributed by atoms with Gasteiger partial charge in [0, 0.05) is 0 Å². The van der Waals surface area contributed by atoms with E-state index in [4.69, 9.17) is 11.6 Å². The highest BCUT2D eigenvalue weighted by Gasteiger charge is 2.09. The second-order valence-corrected chi connectivity index (χ2v) is 3.56. The molecule has 0 atom stereocenters. The average Bonchev–Trinajstić information content (AvgIpc) is 2.36. The Kier molecular flexibility index (Phi) is 3.20. The third-order valence-corrected chi connectivity index (χ3v) is 2.50. The molecule has 0 radical (unpaired) electrons. The minimum Gasteiger partial charge on any atom is -0.326 e. The molecule has 1 aromatic carbocycles. The van der Waals surface area contributed by atoms with Crippen molar-refractivity contribution in [2.24, 2.45) is 0 Å². The molecule has 0 aliphatic carbocycles. The first-order valence-corrected chi connectivity index (χ1v) is 5.15. The number of benzene rings is 1. The molecule has 2 rings (SSSR count). The van der Waals surface area contributed by atoms with Crippen molar-refractivity contribution >= 4 is 23.7 Å². The molecule has 17 heavy (non-hydrogen) atoms. The van der Waals surface area contributed by atoms with E-state index in [1.807, 2.05) is 6.07 Å². The van der Waals surface area contributed by atoms with Gasteiger partial charge in [0.25, 0.3) is 5.56 Å². The number of aromatic nitrogens is 2. The van der Waals surface area contributed by atoms with E-state index in [-0.39, 0.29) is 10.7 Å². The van der Waals surface area contributed by atoms with Crippen molar-refractivity contribution < 1.29 is 4.79 Å². The number of nitrogens with one attached hydrogen (secondary N) is 1. The number of hydrogen-bond donors (Lipinski definition) is 1. The largest absolute Gasteiger partial charge is 0.326 e. The molecular weight excluding hydrogens is 242 g/mol. The van der Waals surface area contributed by atoms with Crippen LogP contribution in [0.3, 0.4) is 0 Å². The Morgan fingerprint density at radius 2 is 2.00 bits per heavy atom. The fourth-order valence-electron chi connectivity index (χ4n) is 1.35. The van der Waals surface area contributed by atoms with E-state index in [0.717, 1.165) is 4.68 Å². The van der Waals surface area contributed by atoms with Crippen LogP contribution in [0.25, 0.3) is 5.69 Å². The second-order valence-electron chi connectivity index (χ2n) is 3.19. The van der Waals surface area contributed by atoms with Gasteiger partial charge in [-0.05, 0) is 12.1 Å². The Morgan fingerprint density at radius 3 is 2.65 bits per heavy atom. The molecule has 0 aliphatic rings. The Labute approximate surface area is 102 Å². The van der Waals surface area contributed by atoms with Gasteiger partial charge in [-0.2, -0.15) is 9.78 Å². The van der Waals surface area contributed by atoms with Crippen LogP contribution in [0.2, 0.25) is 5.02 Å². The van der Waals surface area contributed by atoms with Crippen LogP contribution in [-0.2, 0) is 4.79 Å². The van der Waals surface area contributed by atoms with Crippen molar-refractivity contribution in [2.75, 3.05) is 5.32 Å². The average molecular weight is 250 g/mol. The molecule has 0 spiro atoms. The van der Waals surface area contributed by atoms with Crippen molar-refractivity contribution in [1.29, 1.82) is 0 Å². The van der Waals surface area contributed by atoms with Crippen molar-refractivity contribution in [3.8, 4) is 5.69 Å². The molecule has 1 N–H and O–H groups in total. The molecule has 86 valence electrons. The van der Waals surface area contributed by atoms with Crippen LogP contribution >= 0.6 is 11.6 Å². The molecule has 0 bridgehead atoms. The first-order valence-electron chi connectivity index (χ1n) is 4.77. The van der Waals surface area contributed by atoms with Crippen LogP contribution in [0.4, 0.5) is 5.69 Å². The third kappa shape index (κ3) is 2.19. The van der Waals surface area contributed by atoms with E-state index < -0.39 is 5.56 Å². The van der Waals surface area contributed by atoms with Gasteiger partial charge >= 0.3 is 0 Å². The lowest BCUT2D eigenvalue weighted by Gasteiger charge is -2.06. The quantitative estimate of drug-likeness (QED) is 0.838. The molecule has 2 aromatic rings. The highest BCUT2D eigenvalue weighted by molar-refractivity contribution is 6.33. The van der Waals surface area contributed by atoms with Gasteiger partial charge in [-0.25, -0.2) is 0 Å². The van der Waals surface area contributed by atoms with Crippen LogP contribution < -0.4 is 10.9 Å². The summed E-state index contributed by atoms with van der Waals surface area (Å²) in [5.41, 5.74) is 0.320. The Morgan fingerprint density at radius 1 is 1.29 bits per heavy atom. The molecule has 0 unspecified atom stereocenters. The molecule has 1 aromatic heterocycles. The van der Waals surface area contributed by atoms with Gasteiger partial charge in [0.2, 0.25) is 6.41 Å². The molecule has 0 saturated heterocycles. The minimum atomic E-state index is -0.482. The summed E-state index contributed by atoms with van der Waals surface area (Å²) in [4.78, 5) is 22.2. The second kappa shape index (κ2) is 4.80. The van der Waals surface area contributed by atoms with Gasteiger partial charge in [0.05, 0.1) is 17.6 Å². The number of anilines is 1. The SMILES string of the molecule is O=CNc1cnn(-c2ccccc2)c(=O)c1Cl. The van der Waals surface area contributed by atoms with Crippen LogP contribution in [-0.4, -0.2) is 16.2 Å². The summed E-state index contributed by atoms with van der Waals surface area (Å²) < 4.78 is 1.16. The van der Waals surface area contributed by atoms with Gasteiger partial charge in [0.15, 0.2) is 0 Å². The Hall–Kier alpha value is -2.14. The molecule has 5 nitrogen and oxygen atoms in total. The summed E-state index contributed by atoms with van der Waals surface area (Å²) in [5.74, 6) is 0. The number of halogens is 1. The first-order chi connectivity index (χ1) is 8.24. The predicted octanol–water partition coefficient (Wildman–Crippen LogP) is 1.45. The molecule has 0 fully saturated rings. The van der Waals surface area contributed by atoms with Gasteiger partial charge < -0.3 is 5.32 Å². The number of amides is 1. The summed E-state index contributed by atoms with van der Waals surface area (Å²) in [7, 11) is 0. The van der Waals surface area contributed by atoms with Gasteiger partial charge in [-0.15, -0.1) is 0 Å². The van der Waals surface area contributed by atoms with E-state index >= 15 is 0 Å². The highest BCUT2D eigenvalue weighted by Crippen LogP contribution is 2.15. The number of para-hydroxylation sites is 1. The standard InChI is InChI=1S/C11H8ClN3O2/c12-10-9(13-7-16)6-14-15(11(10)17)8-4-2-1-3-5-8/h1-7H,(H,13,16). The lowest BCUT2D eigenvalue weighted by atomic mass is 10.3. The van der Waals surface area contributed by atoms with Crippen LogP contribution in [0.1, 0.15) is 0 Å². The topological polar surface area (TPSA) is 64.0 Å². The smallest absolute Gasteiger partial charge is 0.292 e. The van der Waals surface area contributed by atoms with E-state index in [1.54, 1.807) is 24.3 Å². The summed E-state index contributed by atoms with van der Waals surface area (Å²) >= 11 is 5.83. The van der Waals surface area contributed by atoms with Crippen LogP contribution in [0, 0.1) is 0 Å². The maximum Gasteiger partial charge on any atom is 0.292 e.